The molecule has 140 valence electrons. The van der Waals surface area contributed by atoms with Crippen molar-refractivity contribution in [1.29, 1.82) is 0 Å². The van der Waals surface area contributed by atoms with Crippen molar-refractivity contribution in [3.8, 4) is 0 Å². The summed E-state index contributed by atoms with van der Waals surface area (Å²) in [4.78, 5) is 23.6. The fraction of sp³-hybridized carbons (Fsp3) is 0.467. The third-order valence-corrected chi connectivity index (χ3v) is 2.75. The highest BCUT2D eigenvalue weighted by Crippen LogP contribution is 2.22. The molecule has 25 heavy (non-hydrogen) atoms. The summed E-state index contributed by atoms with van der Waals surface area (Å²) in [5.41, 5.74) is 2.88. The Bertz CT molecular complexity index is 615. The zero-order chi connectivity index (χ0) is 19.2. The van der Waals surface area contributed by atoms with Crippen LogP contribution in [0.25, 0.3) is 0 Å². The predicted octanol–water partition coefficient (Wildman–Crippen LogP) is 2.96. The van der Waals surface area contributed by atoms with Gasteiger partial charge in [0.1, 0.15) is 5.60 Å². The minimum absolute atomic E-state index is 0.00453. The number of nitrogens with one attached hydrogen (secondary N) is 2. The van der Waals surface area contributed by atoms with Gasteiger partial charge in [-0.2, -0.15) is 0 Å². The Hall–Kier alpha value is -2.00. The molecule has 10 heteroatoms. The van der Waals surface area contributed by atoms with E-state index in [1.54, 1.807) is 20.8 Å². The fourth-order valence-electron chi connectivity index (χ4n) is 1.69. The van der Waals surface area contributed by atoms with Crippen molar-refractivity contribution >= 4 is 23.6 Å². The average Bonchev–Trinajstić information content (AvgIpc) is 2.49. The second-order valence-electron chi connectivity index (χ2n) is 5.85. The molecule has 2 N–H and O–H groups in total. The Morgan fingerprint density at radius 3 is 2.20 bits per heavy atom. The normalized spacial score (nSPS) is 12.4. The molecular weight excluding hydrogens is 365 g/mol. The van der Waals surface area contributed by atoms with Gasteiger partial charge in [-0.15, -0.1) is 11.6 Å². The number of hydrogen-bond acceptors (Lipinski definition) is 4. The Morgan fingerprint density at radius 1 is 1.16 bits per heavy atom. The molecule has 6 nitrogen and oxygen atoms in total. The number of hydrogen-bond donors (Lipinski definition) is 2. The van der Waals surface area contributed by atoms with E-state index in [9.17, 15) is 22.8 Å². The number of ether oxygens (including phenoxy) is 2. The molecule has 0 aliphatic carbocycles. The van der Waals surface area contributed by atoms with Gasteiger partial charge < -0.3 is 9.47 Å². The first-order valence-electron chi connectivity index (χ1n) is 7.16. The van der Waals surface area contributed by atoms with Crippen molar-refractivity contribution < 1.29 is 32.2 Å². The fourth-order valence-corrected chi connectivity index (χ4v) is 1.78. The summed E-state index contributed by atoms with van der Waals surface area (Å²) in [5, 5.41) is 0. The molecule has 0 aliphatic heterocycles. The molecule has 1 unspecified atom stereocenters. The van der Waals surface area contributed by atoms with E-state index >= 15 is 0 Å². The van der Waals surface area contributed by atoms with Crippen molar-refractivity contribution in [1.82, 2.24) is 10.9 Å². The van der Waals surface area contributed by atoms with Gasteiger partial charge in [-0.1, -0.05) is 0 Å². The molecule has 0 aliphatic rings. The molecule has 0 aromatic heterocycles. The lowest BCUT2D eigenvalue weighted by atomic mass is 10.1. The quantitative estimate of drug-likeness (QED) is 0.466. The van der Waals surface area contributed by atoms with E-state index in [1.165, 1.54) is 0 Å². The van der Waals surface area contributed by atoms with Gasteiger partial charge in [0.2, 0.25) is 0 Å². The third-order valence-electron chi connectivity index (χ3n) is 2.60. The summed E-state index contributed by atoms with van der Waals surface area (Å²) in [6.45, 7) is 4.72. The van der Waals surface area contributed by atoms with Crippen LogP contribution in [0.2, 0.25) is 0 Å². The molecule has 2 amide bonds. The molecule has 0 saturated carbocycles. The first-order valence-corrected chi connectivity index (χ1v) is 7.69. The zero-order valence-corrected chi connectivity index (χ0v) is 14.5. The van der Waals surface area contributed by atoms with Crippen LogP contribution in [0.3, 0.4) is 0 Å². The average molecular weight is 383 g/mol. The van der Waals surface area contributed by atoms with E-state index in [0.717, 1.165) is 0 Å². The Kier molecular flexibility index (Phi) is 7.50. The minimum atomic E-state index is -1.67. The highest BCUT2D eigenvalue weighted by Gasteiger charge is 2.25. The lowest BCUT2D eigenvalue weighted by molar-refractivity contribution is -0.134. The van der Waals surface area contributed by atoms with Crippen molar-refractivity contribution in [3.63, 3.8) is 0 Å². The number of alkyl halides is 1. The Morgan fingerprint density at radius 2 is 1.72 bits per heavy atom. The zero-order valence-electron chi connectivity index (χ0n) is 13.8. The van der Waals surface area contributed by atoms with Gasteiger partial charge in [0, 0.05) is 5.88 Å². The Balaban J connectivity index is 2.88. The van der Waals surface area contributed by atoms with E-state index in [4.69, 9.17) is 21.1 Å². The first kappa shape index (κ1) is 21.0. The third kappa shape index (κ3) is 6.79. The maximum atomic E-state index is 13.4. The summed E-state index contributed by atoms with van der Waals surface area (Å²) in [6.07, 6.45) is -2.48. The first-order chi connectivity index (χ1) is 11.5. The summed E-state index contributed by atoms with van der Waals surface area (Å²) in [7, 11) is 0. The van der Waals surface area contributed by atoms with Gasteiger partial charge >= 0.3 is 6.09 Å². The number of benzene rings is 1. The summed E-state index contributed by atoms with van der Waals surface area (Å²) < 4.78 is 49.8. The van der Waals surface area contributed by atoms with Gasteiger partial charge in [0.15, 0.2) is 23.6 Å². The molecule has 1 aromatic rings. The Labute approximate surface area is 147 Å². The topological polar surface area (TPSA) is 76.7 Å². The molecule has 1 rings (SSSR count). The monoisotopic (exact) mass is 382 g/mol. The lowest BCUT2D eigenvalue weighted by Crippen LogP contribution is -2.46. The van der Waals surface area contributed by atoms with Gasteiger partial charge in [-0.05, 0) is 38.5 Å². The summed E-state index contributed by atoms with van der Waals surface area (Å²) >= 11 is 5.47. The van der Waals surface area contributed by atoms with Crippen LogP contribution in [-0.4, -0.2) is 30.1 Å². The van der Waals surface area contributed by atoms with Gasteiger partial charge in [0.25, 0.3) is 5.91 Å². The SMILES string of the molecule is CC(C)(C)OC(=O)NNC(=O)C(OCCCl)c1cc(F)c(F)c(F)c1. The number of amides is 2. The predicted molar refractivity (Wildman–Crippen MR) is 83.2 cm³/mol. The largest absolute Gasteiger partial charge is 0.443 e. The van der Waals surface area contributed by atoms with Gasteiger partial charge in [-0.3, -0.25) is 10.2 Å². The minimum Gasteiger partial charge on any atom is -0.443 e. The van der Waals surface area contributed by atoms with Crippen LogP contribution in [0.15, 0.2) is 12.1 Å². The molecule has 0 spiro atoms. The molecule has 0 radical (unpaired) electrons. The molecule has 0 heterocycles. The van der Waals surface area contributed by atoms with Crippen molar-refractivity contribution in [3.05, 3.63) is 35.1 Å². The van der Waals surface area contributed by atoms with Crippen LogP contribution in [0, 0.1) is 17.5 Å². The van der Waals surface area contributed by atoms with E-state index in [0.29, 0.717) is 12.1 Å². The molecule has 0 saturated heterocycles. The van der Waals surface area contributed by atoms with E-state index in [-0.39, 0.29) is 18.1 Å². The summed E-state index contributed by atoms with van der Waals surface area (Å²) in [5.74, 6) is -5.60. The van der Waals surface area contributed by atoms with Gasteiger partial charge in [-0.25, -0.2) is 23.4 Å². The van der Waals surface area contributed by atoms with Crippen LogP contribution in [0.1, 0.15) is 32.4 Å². The molecule has 0 bridgehead atoms. The second kappa shape index (κ2) is 8.91. The van der Waals surface area contributed by atoms with Crippen LogP contribution in [0.5, 0.6) is 0 Å². The maximum Gasteiger partial charge on any atom is 0.426 e. The van der Waals surface area contributed by atoms with Crippen LogP contribution >= 0.6 is 11.6 Å². The highest BCUT2D eigenvalue weighted by molar-refractivity contribution is 6.18. The van der Waals surface area contributed by atoms with Crippen molar-refractivity contribution in [2.45, 2.75) is 32.5 Å². The number of hydrazine groups is 1. The second-order valence-corrected chi connectivity index (χ2v) is 6.23. The number of carbonyl (C=O) groups excluding carboxylic acids is 2. The van der Waals surface area contributed by atoms with Crippen LogP contribution in [-0.2, 0) is 14.3 Å². The number of halogens is 4. The van der Waals surface area contributed by atoms with E-state index in [1.807, 2.05) is 10.9 Å². The van der Waals surface area contributed by atoms with Crippen LogP contribution in [0.4, 0.5) is 18.0 Å². The molecule has 1 aromatic carbocycles. The molecule has 0 fully saturated rings. The maximum absolute atomic E-state index is 13.4. The smallest absolute Gasteiger partial charge is 0.426 e. The lowest BCUT2D eigenvalue weighted by Gasteiger charge is -2.21. The van der Waals surface area contributed by atoms with E-state index in [2.05, 4.69) is 0 Å². The van der Waals surface area contributed by atoms with Crippen LogP contribution < -0.4 is 10.9 Å². The standard InChI is InChI=1S/C15H18ClF3N2O4/c1-15(2,3)25-14(23)21-20-13(22)12(24-5-4-16)8-6-9(17)11(19)10(18)7-8/h6-7,12H,4-5H2,1-3H3,(H,20,22)(H,21,23). The summed E-state index contributed by atoms with van der Waals surface area (Å²) in [6, 6.07) is 1.23. The highest BCUT2D eigenvalue weighted by atomic mass is 35.5. The molecular formula is C15H18ClF3N2O4. The van der Waals surface area contributed by atoms with Crippen molar-refractivity contribution in [2.24, 2.45) is 0 Å². The van der Waals surface area contributed by atoms with E-state index < -0.39 is 41.2 Å². The van der Waals surface area contributed by atoms with Crippen molar-refractivity contribution in [2.75, 3.05) is 12.5 Å². The van der Waals surface area contributed by atoms with Gasteiger partial charge in [0.05, 0.1) is 6.61 Å². The molecule has 1 atom stereocenters. The number of carbonyl (C=O) groups is 2. The number of rotatable bonds is 5.